The molecule has 14 heavy (non-hydrogen) atoms. The molecule has 0 radical (unpaired) electrons. The number of ether oxygens (including phenoxy) is 1. The summed E-state index contributed by atoms with van der Waals surface area (Å²) < 4.78 is 5.24. The minimum absolute atomic E-state index is 0.0226. The van der Waals surface area contributed by atoms with Crippen molar-refractivity contribution in [2.24, 2.45) is 17.6 Å². The monoisotopic (exact) mass is 217 g/mol. The molecule has 0 aromatic carbocycles. The third kappa shape index (κ3) is 3.12. The number of hydrogen-bond donors (Lipinski definition) is 3. The predicted molar refractivity (Wildman–Crippen MR) is 56.2 cm³/mol. The van der Waals surface area contributed by atoms with Gasteiger partial charge in [0.1, 0.15) is 0 Å². The van der Waals surface area contributed by atoms with Crippen molar-refractivity contribution in [3.8, 4) is 0 Å². The lowest BCUT2D eigenvalue weighted by molar-refractivity contribution is -0.131. The van der Waals surface area contributed by atoms with Gasteiger partial charge in [-0.3, -0.25) is 15.6 Å². The molecule has 80 valence electrons. The van der Waals surface area contributed by atoms with E-state index in [1.807, 2.05) is 6.92 Å². The van der Waals surface area contributed by atoms with Crippen LogP contribution in [0.5, 0.6) is 0 Å². The molecule has 2 atom stereocenters. The summed E-state index contributed by atoms with van der Waals surface area (Å²) in [5.41, 5.74) is 10.1. The molecule has 6 heteroatoms. The zero-order valence-electron chi connectivity index (χ0n) is 8.08. The third-order valence-electron chi connectivity index (χ3n) is 2.29. The van der Waals surface area contributed by atoms with Gasteiger partial charge in [0.15, 0.2) is 5.11 Å². The van der Waals surface area contributed by atoms with E-state index in [0.29, 0.717) is 13.2 Å². The topological polar surface area (TPSA) is 76.4 Å². The summed E-state index contributed by atoms with van der Waals surface area (Å²) >= 11 is 4.57. The smallest absolute Gasteiger partial charge is 0.241 e. The van der Waals surface area contributed by atoms with Gasteiger partial charge in [-0.1, -0.05) is 6.92 Å². The summed E-state index contributed by atoms with van der Waals surface area (Å²) in [6.45, 7) is 3.25. The van der Waals surface area contributed by atoms with Gasteiger partial charge in [0.2, 0.25) is 5.91 Å². The molecule has 0 aromatic rings. The quantitative estimate of drug-likeness (QED) is 0.409. The standard InChI is InChI=1S/C8H15N3O2S/c1-5-4-13-3-2-6(5)7(12)10-11-8(9)14/h5-6H,2-4H2,1H3,(H,10,12)(H3,9,11,14). The van der Waals surface area contributed by atoms with Gasteiger partial charge in [-0.25, -0.2) is 0 Å². The van der Waals surface area contributed by atoms with Gasteiger partial charge in [0, 0.05) is 19.1 Å². The van der Waals surface area contributed by atoms with Crippen molar-refractivity contribution < 1.29 is 9.53 Å². The number of nitrogens with one attached hydrogen (secondary N) is 2. The van der Waals surface area contributed by atoms with E-state index in [1.165, 1.54) is 0 Å². The van der Waals surface area contributed by atoms with Crippen molar-refractivity contribution >= 4 is 23.2 Å². The molecule has 0 spiro atoms. The Bertz CT molecular complexity index is 235. The van der Waals surface area contributed by atoms with E-state index >= 15 is 0 Å². The molecule has 0 aliphatic carbocycles. The Morgan fingerprint density at radius 3 is 2.86 bits per heavy atom. The van der Waals surface area contributed by atoms with Crippen LogP contribution in [0.25, 0.3) is 0 Å². The average molecular weight is 217 g/mol. The van der Waals surface area contributed by atoms with Gasteiger partial charge in [-0.05, 0) is 24.6 Å². The highest BCUT2D eigenvalue weighted by Crippen LogP contribution is 2.20. The molecule has 1 aliphatic rings. The van der Waals surface area contributed by atoms with E-state index in [-0.39, 0.29) is 22.9 Å². The Labute approximate surface area is 88.3 Å². The van der Waals surface area contributed by atoms with E-state index in [0.717, 1.165) is 6.42 Å². The molecule has 1 fully saturated rings. The number of rotatable bonds is 1. The number of hydrazine groups is 1. The second-order valence-electron chi connectivity index (χ2n) is 3.43. The largest absolute Gasteiger partial charge is 0.381 e. The molecule has 0 aromatic heterocycles. The van der Waals surface area contributed by atoms with E-state index in [9.17, 15) is 4.79 Å². The Balaban J connectivity index is 2.38. The molecule has 4 N–H and O–H groups in total. The van der Waals surface area contributed by atoms with E-state index < -0.39 is 0 Å². The van der Waals surface area contributed by atoms with Crippen molar-refractivity contribution in [3.05, 3.63) is 0 Å². The van der Waals surface area contributed by atoms with Gasteiger partial charge in [-0.2, -0.15) is 0 Å². The number of carbonyl (C=O) groups excluding carboxylic acids is 1. The summed E-state index contributed by atoms with van der Waals surface area (Å²) in [5.74, 6) is 0.135. The van der Waals surface area contributed by atoms with E-state index in [4.69, 9.17) is 10.5 Å². The van der Waals surface area contributed by atoms with Gasteiger partial charge in [-0.15, -0.1) is 0 Å². The van der Waals surface area contributed by atoms with Crippen molar-refractivity contribution in [1.29, 1.82) is 0 Å². The van der Waals surface area contributed by atoms with Crippen LogP contribution in [-0.2, 0) is 9.53 Å². The first-order chi connectivity index (χ1) is 6.61. The van der Waals surface area contributed by atoms with Crippen LogP contribution in [0, 0.1) is 11.8 Å². The fourth-order valence-electron chi connectivity index (χ4n) is 1.49. The summed E-state index contributed by atoms with van der Waals surface area (Å²) in [4.78, 5) is 11.6. The molecule has 0 bridgehead atoms. The second kappa shape index (κ2) is 5.11. The summed E-state index contributed by atoms with van der Waals surface area (Å²) in [6, 6.07) is 0. The van der Waals surface area contributed by atoms with Crippen LogP contribution in [-0.4, -0.2) is 24.2 Å². The second-order valence-corrected chi connectivity index (χ2v) is 3.87. The normalized spacial score (nSPS) is 26.6. The molecular formula is C8H15N3O2S. The molecule has 2 unspecified atom stereocenters. The predicted octanol–water partition coefficient (Wildman–Crippen LogP) is -0.477. The van der Waals surface area contributed by atoms with Crippen LogP contribution < -0.4 is 16.6 Å². The lowest BCUT2D eigenvalue weighted by Crippen LogP contribution is -2.49. The fraction of sp³-hybridized carbons (Fsp3) is 0.750. The average Bonchev–Trinajstić information content (AvgIpc) is 2.15. The maximum Gasteiger partial charge on any atom is 0.241 e. The zero-order chi connectivity index (χ0) is 10.6. The number of thiocarbonyl (C=S) groups is 1. The lowest BCUT2D eigenvalue weighted by atomic mass is 9.89. The van der Waals surface area contributed by atoms with Crippen molar-refractivity contribution in [1.82, 2.24) is 10.9 Å². The van der Waals surface area contributed by atoms with Crippen LogP contribution in [0.15, 0.2) is 0 Å². The molecule has 1 rings (SSSR count). The molecule has 5 nitrogen and oxygen atoms in total. The Morgan fingerprint density at radius 1 is 1.57 bits per heavy atom. The molecule has 0 saturated carbocycles. The SMILES string of the molecule is CC1COCCC1C(=O)NNC(N)=S. The summed E-state index contributed by atoms with van der Waals surface area (Å²) in [7, 11) is 0. The van der Waals surface area contributed by atoms with E-state index in [2.05, 4.69) is 23.1 Å². The van der Waals surface area contributed by atoms with Gasteiger partial charge < -0.3 is 10.5 Å². The molecule has 1 aliphatic heterocycles. The van der Waals surface area contributed by atoms with E-state index in [1.54, 1.807) is 0 Å². The van der Waals surface area contributed by atoms with Crippen LogP contribution >= 0.6 is 12.2 Å². The molecule has 1 amide bonds. The molecule has 1 heterocycles. The Hall–Kier alpha value is -0.880. The number of hydrogen-bond acceptors (Lipinski definition) is 3. The van der Waals surface area contributed by atoms with Crippen molar-refractivity contribution in [2.45, 2.75) is 13.3 Å². The maximum atomic E-state index is 11.6. The highest BCUT2D eigenvalue weighted by atomic mass is 32.1. The summed E-state index contributed by atoms with van der Waals surface area (Å²) in [5, 5.41) is 0.0677. The maximum absolute atomic E-state index is 11.6. The van der Waals surface area contributed by atoms with Crippen LogP contribution in [0.2, 0.25) is 0 Å². The van der Waals surface area contributed by atoms with Gasteiger partial charge in [0.05, 0.1) is 0 Å². The minimum Gasteiger partial charge on any atom is -0.381 e. The first kappa shape index (κ1) is 11.2. The molecule has 1 saturated heterocycles. The number of amides is 1. The first-order valence-corrected chi connectivity index (χ1v) is 4.95. The van der Waals surface area contributed by atoms with Crippen molar-refractivity contribution in [3.63, 3.8) is 0 Å². The van der Waals surface area contributed by atoms with Crippen LogP contribution in [0.3, 0.4) is 0 Å². The number of carbonyl (C=O) groups is 1. The number of nitrogens with two attached hydrogens (primary N) is 1. The van der Waals surface area contributed by atoms with Crippen molar-refractivity contribution in [2.75, 3.05) is 13.2 Å². The highest BCUT2D eigenvalue weighted by molar-refractivity contribution is 7.80. The first-order valence-electron chi connectivity index (χ1n) is 4.54. The zero-order valence-corrected chi connectivity index (χ0v) is 8.89. The molecular weight excluding hydrogens is 202 g/mol. The van der Waals surface area contributed by atoms with Crippen LogP contribution in [0.1, 0.15) is 13.3 Å². The Kier molecular flexibility index (Phi) is 4.09. The third-order valence-corrected chi connectivity index (χ3v) is 2.39. The van der Waals surface area contributed by atoms with Gasteiger partial charge >= 0.3 is 0 Å². The highest BCUT2D eigenvalue weighted by Gasteiger charge is 2.28. The Morgan fingerprint density at radius 2 is 2.29 bits per heavy atom. The van der Waals surface area contributed by atoms with Gasteiger partial charge in [0.25, 0.3) is 0 Å². The minimum atomic E-state index is -0.0754. The fourth-order valence-corrected chi connectivity index (χ4v) is 1.54. The summed E-state index contributed by atoms with van der Waals surface area (Å²) in [6.07, 6.45) is 0.742. The van der Waals surface area contributed by atoms with Crippen LogP contribution in [0.4, 0.5) is 0 Å². The lowest BCUT2D eigenvalue weighted by Gasteiger charge is -2.27.